The molecule has 14 heavy (non-hydrogen) atoms. The Balaban J connectivity index is 2.15. The molecule has 2 nitrogen and oxygen atoms in total. The number of hydrogen-bond donors (Lipinski definition) is 2. The minimum atomic E-state index is -0.323. The Morgan fingerprint density at radius 3 is 2.86 bits per heavy atom. The zero-order valence-corrected chi connectivity index (χ0v) is 7.91. The van der Waals surface area contributed by atoms with E-state index in [1.54, 1.807) is 0 Å². The van der Waals surface area contributed by atoms with E-state index < -0.39 is 0 Å². The molecule has 3 heteroatoms. The molecule has 0 aliphatic heterocycles. The highest BCUT2D eigenvalue weighted by Crippen LogP contribution is 2.37. The van der Waals surface area contributed by atoms with Gasteiger partial charge in [0.15, 0.2) is 0 Å². The van der Waals surface area contributed by atoms with Gasteiger partial charge in [0, 0.05) is 11.6 Å². The van der Waals surface area contributed by atoms with Gasteiger partial charge < -0.3 is 10.8 Å². The largest absolute Gasteiger partial charge is 0.508 e. The molecule has 76 valence electrons. The van der Waals surface area contributed by atoms with Crippen LogP contribution in [0, 0.1) is 11.7 Å². The molecule has 1 aliphatic carbocycles. The maximum absolute atomic E-state index is 13.3. The summed E-state index contributed by atoms with van der Waals surface area (Å²) in [5, 5.41) is 9.21. The van der Waals surface area contributed by atoms with Crippen molar-refractivity contribution in [3.63, 3.8) is 0 Å². The molecule has 1 saturated carbocycles. The van der Waals surface area contributed by atoms with Gasteiger partial charge >= 0.3 is 0 Å². The van der Waals surface area contributed by atoms with Gasteiger partial charge in [0.2, 0.25) is 0 Å². The average molecular weight is 195 g/mol. The molecule has 0 unspecified atom stereocenters. The van der Waals surface area contributed by atoms with E-state index in [2.05, 4.69) is 0 Å². The first-order valence-corrected chi connectivity index (χ1v) is 4.91. The molecular weight excluding hydrogens is 181 g/mol. The van der Waals surface area contributed by atoms with E-state index in [1.807, 2.05) is 0 Å². The van der Waals surface area contributed by atoms with Gasteiger partial charge in [-0.3, -0.25) is 0 Å². The minimum absolute atomic E-state index is 0.0765. The van der Waals surface area contributed by atoms with Crippen LogP contribution in [0.3, 0.4) is 0 Å². The molecule has 1 aromatic rings. The van der Waals surface area contributed by atoms with Crippen molar-refractivity contribution in [2.75, 3.05) is 0 Å². The molecule has 3 N–H and O–H groups in total. The first-order valence-electron chi connectivity index (χ1n) is 4.91. The lowest BCUT2D eigenvalue weighted by atomic mass is 10.0. The summed E-state index contributed by atoms with van der Waals surface area (Å²) in [7, 11) is 0. The van der Waals surface area contributed by atoms with Crippen molar-refractivity contribution in [2.24, 2.45) is 11.7 Å². The van der Waals surface area contributed by atoms with Crippen LogP contribution in [0.5, 0.6) is 5.75 Å². The average Bonchev–Trinajstić information content (AvgIpc) is 2.93. The second-order valence-corrected chi connectivity index (χ2v) is 3.99. The Morgan fingerprint density at radius 1 is 1.50 bits per heavy atom. The molecule has 0 heterocycles. The fourth-order valence-corrected chi connectivity index (χ4v) is 1.65. The standard InChI is InChI=1S/C11H14FNO/c12-10-4-3-8(14)6-9(10)11(13)5-7-1-2-7/h3-4,6-7,11,14H,1-2,5,13H2/t11-/m0/s1. The highest BCUT2D eigenvalue weighted by atomic mass is 19.1. The van der Waals surface area contributed by atoms with Gasteiger partial charge in [-0.2, -0.15) is 0 Å². The van der Waals surface area contributed by atoms with Crippen molar-refractivity contribution in [3.8, 4) is 5.75 Å². The lowest BCUT2D eigenvalue weighted by molar-refractivity contribution is 0.467. The van der Waals surface area contributed by atoms with E-state index in [9.17, 15) is 9.50 Å². The van der Waals surface area contributed by atoms with Crippen LogP contribution in [0.15, 0.2) is 18.2 Å². The molecule has 0 aromatic heterocycles. The number of phenolic OH excluding ortho intramolecular Hbond substituents is 1. The topological polar surface area (TPSA) is 46.2 Å². The summed E-state index contributed by atoms with van der Waals surface area (Å²) in [5.41, 5.74) is 6.28. The summed E-state index contributed by atoms with van der Waals surface area (Å²) in [6.45, 7) is 0. The predicted molar refractivity (Wildman–Crippen MR) is 52.3 cm³/mol. The Kier molecular flexibility index (Phi) is 2.42. The number of benzene rings is 1. The number of halogens is 1. The Bertz CT molecular complexity index is 336. The van der Waals surface area contributed by atoms with Crippen molar-refractivity contribution in [1.29, 1.82) is 0 Å². The highest BCUT2D eigenvalue weighted by molar-refractivity contribution is 5.30. The van der Waals surface area contributed by atoms with Crippen LogP contribution in [-0.2, 0) is 0 Å². The SMILES string of the molecule is N[C@@H](CC1CC1)c1cc(O)ccc1F. The summed E-state index contributed by atoms with van der Waals surface area (Å²) in [4.78, 5) is 0. The molecule has 1 atom stereocenters. The molecule has 0 bridgehead atoms. The molecule has 1 aromatic carbocycles. The lowest BCUT2D eigenvalue weighted by Gasteiger charge is -2.12. The van der Waals surface area contributed by atoms with Crippen LogP contribution in [0.25, 0.3) is 0 Å². The van der Waals surface area contributed by atoms with E-state index in [0.717, 1.165) is 6.42 Å². The molecule has 1 fully saturated rings. The van der Waals surface area contributed by atoms with Gasteiger partial charge in [-0.15, -0.1) is 0 Å². The summed E-state index contributed by atoms with van der Waals surface area (Å²) in [5.74, 6) is 0.412. The van der Waals surface area contributed by atoms with E-state index in [-0.39, 0.29) is 17.6 Å². The van der Waals surface area contributed by atoms with E-state index in [0.29, 0.717) is 11.5 Å². The van der Waals surface area contributed by atoms with Gasteiger partial charge in [-0.1, -0.05) is 12.8 Å². The second kappa shape index (κ2) is 3.58. The maximum Gasteiger partial charge on any atom is 0.128 e. The minimum Gasteiger partial charge on any atom is -0.508 e. The molecule has 1 aliphatic rings. The third kappa shape index (κ3) is 2.04. The normalized spacial score (nSPS) is 18.1. The number of aromatic hydroxyl groups is 1. The maximum atomic E-state index is 13.3. The Hall–Kier alpha value is -1.09. The molecule has 2 rings (SSSR count). The van der Waals surface area contributed by atoms with Crippen LogP contribution >= 0.6 is 0 Å². The van der Waals surface area contributed by atoms with E-state index in [4.69, 9.17) is 5.73 Å². The van der Waals surface area contributed by atoms with Crippen LogP contribution in [0.2, 0.25) is 0 Å². The number of nitrogens with two attached hydrogens (primary N) is 1. The van der Waals surface area contributed by atoms with E-state index in [1.165, 1.54) is 31.0 Å². The van der Waals surface area contributed by atoms with Gasteiger partial charge in [-0.05, 0) is 30.5 Å². The van der Waals surface area contributed by atoms with Crippen molar-refractivity contribution in [3.05, 3.63) is 29.6 Å². The summed E-state index contributed by atoms with van der Waals surface area (Å²) in [6, 6.07) is 3.73. The first-order chi connectivity index (χ1) is 6.66. The smallest absolute Gasteiger partial charge is 0.128 e. The highest BCUT2D eigenvalue weighted by Gasteiger charge is 2.25. The van der Waals surface area contributed by atoms with Crippen molar-refractivity contribution >= 4 is 0 Å². The number of phenols is 1. The van der Waals surface area contributed by atoms with Gasteiger partial charge in [-0.25, -0.2) is 4.39 Å². The summed E-state index contributed by atoms with van der Waals surface area (Å²) >= 11 is 0. The predicted octanol–water partition coefficient (Wildman–Crippen LogP) is 2.33. The number of rotatable bonds is 3. The van der Waals surface area contributed by atoms with Crippen molar-refractivity contribution < 1.29 is 9.50 Å². The monoisotopic (exact) mass is 195 g/mol. The van der Waals surface area contributed by atoms with Crippen molar-refractivity contribution in [1.82, 2.24) is 0 Å². The third-order valence-corrected chi connectivity index (χ3v) is 2.66. The zero-order valence-electron chi connectivity index (χ0n) is 7.91. The molecule has 0 radical (unpaired) electrons. The van der Waals surface area contributed by atoms with Crippen LogP contribution < -0.4 is 5.73 Å². The van der Waals surface area contributed by atoms with E-state index >= 15 is 0 Å². The third-order valence-electron chi connectivity index (χ3n) is 2.66. The molecule has 0 spiro atoms. The quantitative estimate of drug-likeness (QED) is 0.777. The Morgan fingerprint density at radius 2 is 2.21 bits per heavy atom. The first kappa shape index (κ1) is 9.46. The van der Waals surface area contributed by atoms with Gasteiger partial charge in [0.25, 0.3) is 0 Å². The summed E-state index contributed by atoms with van der Waals surface area (Å²) < 4.78 is 13.3. The number of hydrogen-bond acceptors (Lipinski definition) is 2. The van der Waals surface area contributed by atoms with Gasteiger partial charge in [0.05, 0.1) is 0 Å². The van der Waals surface area contributed by atoms with Gasteiger partial charge in [0.1, 0.15) is 11.6 Å². The van der Waals surface area contributed by atoms with Crippen LogP contribution in [-0.4, -0.2) is 5.11 Å². The fraction of sp³-hybridized carbons (Fsp3) is 0.455. The van der Waals surface area contributed by atoms with Crippen molar-refractivity contribution in [2.45, 2.75) is 25.3 Å². The Labute approximate surface area is 82.5 Å². The lowest BCUT2D eigenvalue weighted by Crippen LogP contribution is -2.12. The second-order valence-electron chi connectivity index (χ2n) is 3.99. The van der Waals surface area contributed by atoms with Crippen LogP contribution in [0.1, 0.15) is 30.9 Å². The molecule has 0 saturated heterocycles. The molecular formula is C11H14FNO. The molecule has 0 amide bonds. The fourth-order valence-electron chi connectivity index (χ4n) is 1.65. The summed E-state index contributed by atoms with van der Waals surface area (Å²) in [6.07, 6.45) is 3.22. The zero-order chi connectivity index (χ0) is 10.1. The van der Waals surface area contributed by atoms with Crippen LogP contribution in [0.4, 0.5) is 4.39 Å².